The Morgan fingerprint density at radius 1 is 1.38 bits per heavy atom. The number of nitrogens with zero attached hydrogens (tertiary/aromatic N) is 6. The number of rotatable bonds is 4. The smallest absolute Gasteiger partial charge is 0.163 e. The van der Waals surface area contributed by atoms with Crippen LogP contribution in [-0.2, 0) is 26.4 Å². The van der Waals surface area contributed by atoms with Gasteiger partial charge in [-0.1, -0.05) is 6.92 Å². The summed E-state index contributed by atoms with van der Waals surface area (Å²) >= 11 is 1.87. The number of fused-ring (bicyclic) bond motifs is 2. The highest BCUT2D eigenvalue weighted by Gasteiger charge is 2.21. The number of anilines is 1. The molecule has 3 aromatic heterocycles. The van der Waals surface area contributed by atoms with Gasteiger partial charge in [0.15, 0.2) is 5.65 Å². The number of thiazole rings is 1. The van der Waals surface area contributed by atoms with Gasteiger partial charge in [0.25, 0.3) is 0 Å². The van der Waals surface area contributed by atoms with E-state index in [0.717, 1.165) is 42.3 Å². The first-order valence-corrected chi connectivity index (χ1v) is 9.32. The molecule has 1 aliphatic carbocycles. The van der Waals surface area contributed by atoms with Crippen molar-refractivity contribution in [1.82, 2.24) is 24.7 Å². The average molecular weight is 342 g/mol. The van der Waals surface area contributed by atoms with Gasteiger partial charge in [0.2, 0.25) is 0 Å². The molecule has 0 N–H and O–H groups in total. The Morgan fingerprint density at radius 2 is 2.25 bits per heavy atom. The summed E-state index contributed by atoms with van der Waals surface area (Å²) in [7, 11) is 1.91. The van der Waals surface area contributed by atoms with E-state index in [2.05, 4.69) is 33.8 Å². The molecule has 0 aliphatic heterocycles. The van der Waals surface area contributed by atoms with Crippen LogP contribution in [0.5, 0.6) is 0 Å². The molecule has 126 valence electrons. The minimum Gasteiger partial charge on any atom is -0.349 e. The summed E-state index contributed by atoms with van der Waals surface area (Å²) in [5.41, 5.74) is 2.18. The summed E-state index contributed by atoms with van der Waals surface area (Å²) in [6.45, 7) is 6.16. The Kier molecular flexibility index (Phi) is 3.96. The van der Waals surface area contributed by atoms with E-state index < -0.39 is 0 Å². The molecule has 0 saturated carbocycles. The molecule has 0 saturated heterocycles. The van der Waals surface area contributed by atoms with Crippen LogP contribution >= 0.6 is 11.3 Å². The molecular weight excluding hydrogens is 320 g/mol. The molecular formula is C17H22N6S. The highest BCUT2D eigenvalue weighted by molar-refractivity contribution is 7.11. The average Bonchev–Trinajstić information content (AvgIpc) is 3.15. The number of aryl methyl sites for hydroxylation is 2. The van der Waals surface area contributed by atoms with Crippen molar-refractivity contribution in [2.24, 2.45) is 13.0 Å². The topological polar surface area (TPSA) is 59.7 Å². The molecule has 3 heterocycles. The van der Waals surface area contributed by atoms with Crippen LogP contribution in [0.4, 0.5) is 5.82 Å². The van der Waals surface area contributed by atoms with Crippen LogP contribution in [0.15, 0.2) is 12.5 Å². The van der Waals surface area contributed by atoms with Crippen LogP contribution in [0, 0.1) is 5.92 Å². The lowest BCUT2D eigenvalue weighted by Crippen LogP contribution is -2.23. The number of aromatic nitrogens is 5. The Morgan fingerprint density at radius 3 is 3.08 bits per heavy atom. The summed E-state index contributed by atoms with van der Waals surface area (Å²) < 4.78 is 1.79. The molecule has 0 amide bonds. The summed E-state index contributed by atoms with van der Waals surface area (Å²) in [6.07, 6.45) is 7.04. The zero-order valence-electron chi connectivity index (χ0n) is 14.4. The van der Waals surface area contributed by atoms with E-state index >= 15 is 0 Å². The molecule has 6 nitrogen and oxygen atoms in total. The van der Waals surface area contributed by atoms with Gasteiger partial charge in [-0.2, -0.15) is 5.10 Å². The lowest BCUT2D eigenvalue weighted by Gasteiger charge is -2.21. The maximum Gasteiger partial charge on any atom is 0.163 e. The van der Waals surface area contributed by atoms with Crippen molar-refractivity contribution in [3.63, 3.8) is 0 Å². The van der Waals surface area contributed by atoms with Crippen LogP contribution < -0.4 is 4.90 Å². The zero-order valence-corrected chi connectivity index (χ0v) is 15.2. The number of hydrogen-bond acceptors (Lipinski definition) is 6. The molecule has 24 heavy (non-hydrogen) atoms. The third kappa shape index (κ3) is 2.66. The fraction of sp³-hybridized carbons (Fsp3) is 0.529. The van der Waals surface area contributed by atoms with E-state index in [1.807, 2.05) is 24.6 Å². The number of hydrogen-bond donors (Lipinski definition) is 0. The van der Waals surface area contributed by atoms with E-state index in [-0.39, 0.29) is 0 Å². The first-order valence-electron chi connectivity index (χ1n) is 8.50. The molecule has 4 rings (SSSR count). The van der Waals surface area contributed by atoms with Crippen molar-refractivity contribution in [2.45, 2.75) is 39.7 Å². The largest absolute Gasteiger partial charge is 0.349 e. The second-order valence-corrected chi connectivity index (χ2v) is 7.71. The predicted octanol–water partition coefficient (Wildman–Crippen LogP) is 2.97. The summed E-state index contributed by atoms with van der Waals surface area (Å²) in [5, 5.41) is 6.50. The van der Waals surface area contributed by atoms with E-state index in [0.29, 0.717) is 0 Å². The van der Waals surface area contributed by atoms with Crippen LogP contribution in [0.3, 0.4) is 0 Å². The van der Waals surface area contributed by atoms with Crippen molar-refractivity contribution in [3.8, 4) is 0 Å². The fourth-order valence-corrected chi connectivity index (χ4v) is 4.66. The van der Waals surface area contributed by atoms with Crippen LogP contribution in [0.2, 0.25) is 0 Å². The van der Waals surface area contributed by atoms with Gasteiger partial charge in [-0.25, -0.2) is 15.0 Å². The third-order valence-electron chi connectivity index (χ3n) is 4.75. The first kappa shape index (κ1) is 15.5. The quantitative estimate of drug-likeness (QED) is 0.729. The van der Waals surface area contributed by atoms with Crippen LogP contribution in [0.25, 0.3) is 11.0 Å². The summed E-state index contributed by atoms with van der Waals surface area (Å²) in [5.74, 6) is 1.72. The van der Waals surface area contributed by atoms with Crippen molar-refractivity contribution in [3.05, 3.63) is 28.1 Å². The maximum absolute atomic E-state index is 4.90. The standard InChI is InChI=1S/C17H22N6S/c1-4-23(17-12-8-20-22(3)16(12)18-10-19-17)9-15-21-13-6-5-11(2)7-14(13)24-15/h8,10-11H,4-7,9H2,1-3H3. The molecule has 0 spiro atoms. The zero-order chi connectivity index (χ0) is 16.7. The Hall–Kier alpha value is -2.02. The second kappa shape index (κ2) is 6.12. The molecule has 0 fully saturated rings. The van der Waals surface area contributed by atoms with Crippen molar-refractivity contribution < 1.29 is 0 Å². The molecule has 3 aromatic rings. The van der Waals surface area contributed by atoms with E-state index in [1.165, 1.54) is 28.4 Å². The first-order chi connectivity index (χ1) is 11.7. The Labute approximate surface area is 145 Å². The lowest BCUT2D eigenvalue weighted by molar-refractivity contribution is 0.501. The molecule has 7 heteroatoms. The minimum atomic E-state index is 0.782. The molecule has 0 aromatic carbocycles. The van der Waals surface area contributed by atoms with Gasteiger partial charge in [0.05, 0.1) is 23.8 Å². The highest BCUT2D eigenvalue weighted by Crippen LogP contribution is 2.31. The summed E-state index contributed by atoms with van der Waals surface area (Å²) in [6, 6.07) is 0. The monoisotopic (exact) mass is 342 g/mol. The molecule has 0 bridgehead atoms. The Bertz CT molecular complexity index is 867. The van der Waals surface area contributed by atoms with Gasteiger partial charge in [-0.05, 0) is 32.1 Å². The van der Waals surface area contributed by atoms with Crippen molar-refractivity contribution >= 4 is 28.2 Å². The minimum absolute atomic E-state index is 0.782. The molecule has 1 unspecified atom stereocenters. The van der Waals surface area contributed by atoms with Crippen molar-refractivity contribution in [2.75, 3.05) is 11.4 Å². The van der Waals surface area contributed by atoms with Crippen LogP contribution in [-0.4, -0.2) is 31.3 Å². The normalized spacial score (nSPS) is 17.2. The predicted molar refractivity (Wildman–Crippen MR) is 96.3 cm³/mol. The fourth-order valence-electron chi connectivity index (χ4n) is 3.36. The van der Waals surface area contributed by atoms with E-state index in [1.54, 1.807) is 11.0 Å². The van der Waals surface area contributed by atoms with E-state index in [4.69, 9.17) is 4.98 Å². The lowest BCUT2D eigenvalue weighted by atomic mass is 9.93. The van der Waals surface area contributed by atoms with Gasteiger partial charge in [0.1, 0.15) is 17.2 Å². The van der Waals surface area contributed by atoms with Gasteiger partial charge < -0.3 is 4.90 Å². The summed E-state index contributed by atoms with van der Waals surface area (Å²) in [4.78, 5) is 17.5. The second-order valence-electron chi connectivity index (χ2n) is 6.54. The third-order valence-corrected chi connectivity index (χ3v) is 5.85. The van der Waals surface area contributed by atoms with Gasteiger partial charge in [-0.15, -0.1) is 11.3 Å². The Balaban J connectivity index is 1.64. The van der Waals surface area contributed by atoms with Gasteiger partial charge in [-0.3, -0.25) is 4.68 Å². The molecule has 1 atom stereocenters. The van der Waals surface area contributed by atoms with Crippen molar-refractivity contribution in [1.29, 1.82) is 0 Å². The molecule has 0 radical (unpaired) electrons. The SMILES string of the molecule is CCN(Cc1nc2c(s1)CC(C)CC2)c1ncnc2c1cnn2C. The van der Waals surface area contributed by atoms with Gasteiger partial charge in [0, 0.05) is 18.5 Å². The van der Waals surface area contributed by atoms with Crippen LogP contribution in [0.1, 0.15) is 35.8 Å². The highest BCUT2D eigenvalue weighted by atomic mass is 32.1. The molecule has 1 aliphatic rings. The van der Waals surface area contributed by atoms with E-state index in [9.17, 15) is 0 Å². The van der Waals surface area contributed by atoms with Gasteiger partial charge >= 0.3 is 0 Å². The maximum atomic E-state index is 4.90.